The molecule has 0 bridgehead atoms. The van der Waals surface area contributed by atoms with E-state index in [-0.39, 0.29) is 17.9 Å². The fraction of sp³-hybridized carbons (Fsp3) is 0.400. The second-order valence-corrected chi connectivity index (χ2v) is 3.22. The van der Waals surface area contributed by atoms with Crippen LogP contribution in [0.4, 0.5) is 4.39 Å². The lowest BCUT2D eigenvalue weighted by atomic mass is 10.0. The van der Waals surface area contributed by atoms with Crippen LogP contribution in [0.1, 0.15) is 30.3 Å². The van der Waals surface area contributed by atoms with Crippen molar-refractivity contribution in [2.45, 2.75) is 19.1 Å². The van der Waals surface area contributed by atoms with Gasteiger partial charge in [0.2, 0.25) is 0 Å². The van der Waals surface area contributed by atoms with E-state index < -0.39 is 12.2 Å². The maximum atomic E-state index is 13.0. The fourth-order valence-corrected chi connectivity index (χ4v) is 1.23. The number of halogens is 1. The lowest BCUT2D eigenvalue weighted by Crippen LogP contribution is -2.14. The summed E-state index contributed by atoms with van der Waals surface area (Å²) >= 11 is 0. The average molecular weight is 199 g/mol. The zero-order valence-corrected chi connectivity index (χ0v) is 7.94. The second-order valence-electron chi connectivity index (χ2n) is 3.22. The number of aromatic hydroxyl groups is 1. The van der Waals surface area contributed by atoms with Crippen LogP contribution in [0, 0.1) is 0 Å². The van der Waals surface area contributed by atoms with Crippen LogP contribution >= 0.6 is 0 Å². The van der Waals surface area contributed by atoms with Crippen molar-refractivity contribution in [1.82, 2.24) is 0 Å². The van der Waals surface area contributed by atoms with E-state index >= 15 is 0 Å². The molecule has 0 aliphatic carbocycles. The second kappa shape index (κ2) is 4.39. The van der Waals surface area contributed by atoms with Crippen LogP contribution in [-0.2, 0) is 0 Å². The van der Waals surface area contributed by atoms with Crippen molar-refractivity contribution >= 4 is 0 Å². The van der Waals surface area contributed by atoms with E-state index in [4.69, 9.17) is 10.8 Å². The molecule has 0 heterocycles. The molecule has 4 heteroatoms. The number of nitrogens with two attached hydrogens (primary N) is 1. The number of hydrogen-bond donors (Lipinski definition) is 3. The molecule has 0 saturated heterocycles. The van der Waals surface area contributed by atoms with Crippen molar-refractivity contribution in [2.75, 3.05) is 6.61 Å². The van der Waals surface area contributed by atoms with Crippen LogP contribution in [0.2, 0.25) is 0 Å². The van der Waals surface area contributed by atoms with Gasteiger partial charge in [-0.05, 0) is 24.6 Å². The third-order valence-corrected chi connectivity index (χ3v) is 2.10. The number of alkyl halides is 1. The predicted octanol–water partition coefficient (Wildman–Crippen LogP) is 1.41. The molecule has 3 nitrogen and oxygen atoms in total. The van der Waals surface area contributed by atoms with Gasteiger partial charge in [-0.2, -0.15) is 0 Å². The zero-order chi connectivity index (χ0) is 10.7. The van der Waals surface area contributed by atoms with Crippen molar-refractivity contribution in [3.63, 3.8) is 0 Å². The van der Waals surface area contributed by atoms with Crippen LogP contribution in [0.15, 0.2) is 18.2 Å². The summed E-state index contributed by atoms with van der Waals surface area (Å²) in [6, 6.07) is 3.90. The van der Waals surface area contributed by atoms with Gasteiger partial charge in [0.05, 0.1) is 12.6 Å². The van der Waals surface area contributed by atoms with E-state index in [0.29, 0.717) is 5.56 Å². The summed E-state index contributed by atoms with van der Waals surface area (Å²) in [7, 11) is 0. The quantitative estimate of drug-likeness (QED) is 0.689. The van der Waals surface area contributed by atoms with Crippen molar-refractivity contribution in [3.8, 4) is 5.75 Å². The molecule has 1 rings (SSSR count). The Kier molecular flexibility index (Phi) is 3.43. The van der Waals surface area contributed by atoms with Crippen molar-refractivity contribution in [3.05, 3.63) is 29.3 Å². The number of aliphatic hydroxyl groups is 1. The first-order valence-electron chi connectivity index (χ1n) is 4.39. The van der Waals surface area contributed by atoms with Gasteiger partial charge in [0.15, 0.2) is 0 Å². The van der Waals surface area contributed by atoms with E-state index in [2.05, 4.69) is 0 Å². The first-order chi connectivity index (χ1) is 6.56. The first kappa shape index (κ1) is 10.9. The number of benzene rings is 1. The number of hydrogen-bond acceptors (Lipinski definition) is 3. The Hall–Kier alpha value is -1.13. The van der Waals surface area contributed by atoms with Crippen LogP contribution < -0.4 is 5.73 Å². The molecule has 1 aromatic rings. The van der Waals surface area contributed by atoms with Crippen LogP contribution in [0.5, 0.6) is 5.75 Å². The average Bonchev–Trinajstić information content (AvgIpc) is 2.17. The van der Waals surface area contributed by atoms with Gasteiger partial charge >= 0.3 is 0 Å². The maximum absolute atomic E-state index is 13.0. The van der Waals surface area contributed by atoms with Crippen LogP contribution in [0.3, 0.4) is 0 Å². The van der Waals surface area contributed by atoms with Gasteiger partial charge in [-0.15, -0.1) is 0 Å². The number of phenols is 1. The summed E-state index contributed by atoms with van der Waals surface area (Å²) in [5, 5.41) is 18.1. The molecule has 1 aromatic carbocycles. The van der Waals surface area contributed by atoms with E-state index in [1.807, 2.05) is 0 Å². The molecule has 0 fully saturated rings. The summed E-state index contributed by atoms with van der Waals surface area (Å²) < 4.78 is 13.0. The van der Waals surface area contributed by atoms with Gasteiger partial charge in [0.25, 0.3) is 0 Å². The molecule has 0 aromatic heterocycles. The van der Waals surface area contributed by atoms with Crippen LogP contribution in [-0.4, -0.2) is 16.8 Å². The van der Waals surface area contributed by atoms with Crippen molar-refractivity contribution < 1.29 is 14.6 Å². The molecule has 14 heavy (non-hydrogen) atoms. The Morgan fingerprint density at radius 2 is 2.14 bits per heavy atom. The van der Waals surface area contributed by atoms with E-state index in [1.54, 1.807) is 6.07 Å². The minimum Gasteiger partial charge on any atom is -0.508 e. The summed E-state index contributed by atoms with van der Waals surface area (Å²) in [6.07, 6.45) is -1.25. The Labute approximate surface area is 82.0 Å². The first-order valence-corrected chi connectivity index (χ1v) is 4.39. The molecule has 78 valence electrons. The fourth-order valence-electron chi connectivity index (χ4n) is 1.23. The third kappa shape index (κ3) is 2.21. The highest BCUT2D eigenvalue weighted by atomic mass is 19.1. The van der Waals surface area contributed by atoms with Gasteiger partial charge in [0, 0.05) is 5.56 Å². The standard InChI is InChI=1S/C10H14FNO2/c1-6(11)8-4-7(9(12)5-13)2-3-10(8)14/h2-4,6,9,13-14H,5,12H2,1H3. The highest BCUT2D eigenvalue weighted by Crippen LogP contribution is 2.28. The highest BCUT2D eigenvalue weighted by molar-refractivity contribution is 5.38. The van der Waals surface area contributed by atoms with Gasteiger partial charge < -0.3 is 15.9 Å². The molecule has 4 N–H and O–H groups in total. The molecular weight excluding hydrogens is 185 g/mol. The summed E-state index contributed by atoms with van der Waals surface area (Å²) in [5.74, 6) is -0.0890. The molecule has 0 aliphatic heterocycles. The van der Waals surface area contributed by atoms with Crippen molar-refractivity contribution in [2.24, 2.45) is 5.73 Å². The number of phenolic OH excluding ortho intramolecular Hbond substituents is 1. The summed E-state index contributed by atoms with van der Waals surface area (Å²) in [4.78, 5) is 0. The Morgan fingerprint density at radius 3 is 2.64 bits per heavy atom. The van der Waals surface area contributed by atoms with Crippen LogP contribution in [0.25, 0.3) is 0 Å². The topological polar surface area (TPSA) is 66.5 Å². The molecular formula is C10H14FNO2. The predicted molar refractivity (Wildman–Crippen MR) is 51.6 cm³/mol. The van der Waals surface area contributed by atoms with Gasteiger partial charge in [-0.1, -0.05) is 6.07 Å². The monoisotopic (exact) mass is 199 g/mol. The third-order valence-electron chi connectivity index (χ3n) is 2.10. The van der Waals surface area contributed by atoms with Gasteiger partial charge in [-0.3, -0.25) is 0 Å². The summed E-state index contributed by atoms with van der Waals surface area (Å²) in [6.45, 7) is 1.13. The number of rotatable bonds is 3. The van der Waals surface area contributed by atoms with E-state index in [0.717, 1.165) is 0 Å². The van der Waals surface area contributed by atoms with Gasteiger partial charge in [0.1, 0.15) is 11.9 Å². The number of aliphatic hydroxyl groups excluding tert-OH is 1. The van der Waals surface area contributed by atoms with E-state index in [9.17, 15) is 9.50 Å². The Bertz CT molecular complexity index is 315. The highest BCUT2D eigenvalue weighted by Gasteiger charge is 2.12. The minimum absolute atomic E-state index is 0.0890. The largest absolute Gasteiger partial charge is 0.508 e. The lowest BCUT2D eigenvalue weighted by molar-refractivity contribution is 0.267. The molecule has 2 unspecified atom stereocenters. The maximum Gasteiger partial charge on any atom is 0.126 e. The Balaban J connectivity index is 3.06. The molecule has 2 atom stereocenters. The van der Waals surface area contributed by atoms with Crippen molar-refractivity contribution in [1.29, 1.82) is 0 Å². The molecule has 0 radical (unpaired) electrons. The molecule has 0 aliphatic rings. The minimum atomic E-state index is -1.25. The molecule has 0 saturated carbocycles. The molecule has 0 amide bonds. The Morgan fingerprint density at radius 1 is 1.50 bits per heavy atom. The normalized spacial score (nSPS) is 15.1. The zero-order valence-electron chi connectivity index (χ0n) is 7.94. The van der Waals surface area contributed by atoms with Gasteiger partial charge in [-0.25, -0.2) is 4.39 Å². The smallest absolute Gasteiger partial charge is 0.126 e. The summed E-state index contributed by atoms with van der Waals surface area (Å²) in [5.41, 5.74) is 6.38. The lowest BCUT2D eigenvalue weighted by Gasteiger charge is -2.12. The SMILES string of the molecule is CC(F)c1cc(C(N)CO)ccc1O. The van der Waals surface area contributed by atoms with E-state index in [1.165, 1.54) is 19.1 Å². The molecule has 0 spiro atoms.